The van der Waals surface area contributed by atoms with Gasteiger partial charge in [-0.05, 0) is 42.8 Å². The van der Waals surface area contributed by atoms with Crippen LogP contribution in [0.4, 0.5) is 5.69 Å². The molecule has 2 rings (SSSR count). The second-order valence-electron chi connectivity index (χ2n) is 5.09. The summed E-state index contributed by atoms with van der Waals surface area (Å²) < 4.78 is 10.9. The van der Waals surface area contributed by atoms with Crippen LogP contribution in [0.25, 0.3) is 0 Å². The molecule has 0 aliphatic heterocycles. The molecule has 2 aromatic rings. The minimum Gasteiger partial charge on any atom is -0.492 e. The van der Waals surface area contributed by atoms with Crippen LogP contribution in [0.1, 0.15) is 12.8 Å². The lowest BCUT2D eigenvalue weighted by Crippen LogP contribution is -2.13. The molecule has 0 unspecified atom stereocenters. The van der Waals surface area contributed by atoms with Crippen LogP contribution in [0.5, 0.6) is 11.5 Å². The number of carbonyl (C=O) groups is 1. The summed E-state index contributed by atoms with van der Waals surface area (Å²) >= 11 is 6.00. The van der Waals surface area contributed by atoms with Crippen molar-refractivity contribution < 1.29 is 14.3 Å². The van der Waals surface area contributed by atoms with Gasteiger partial charge in [0, 0.05) is 18.7 Å². The smallest absolute Gasteiger partial charge is 0.224 e. The van der Waals surface area contributed by atoms with Crippen LogP contribution in [0.15, 0.2) is 48.5 Å². The number of hydrogen-bond donors (Lipinski definition) is 2. The van der Waals surface area contributed by atoms with Crippen molar-refractivity contribution in [3.8, 4) is 11.5 Å². The van der Waals surface area contributed by atoms with Gasteiger partial charge >= 0.3 is 0 Å². The quantitative estimate of drug-likeness (QED) is 0.643. The number of anilines is 1. The summed E-state index contributed by atoms with van der Waals surface area (Å²) in [5.74, 6) is 1.30. The van der Waals surface area contributed by atoms with Gasteiger partial charge in [-0.2, -0.15) is 0 Å². The summed E-state index contributed by atoms with van der Waals surface area (Å²) in [6.45, 7) is 1.37. The van der Waals surface area contributed by atoms with E-state index >= 15 is 0 Å². The largest absolute Gasteiger partial charge is 0.492 e. The molecule has 2 aromatic carbocycles. The minimum atomic E-state index is -0.0617. The third kappa shape index (κ3) is 7.65. The molecule has 0 heterocycles. The lowest BCUT2D eigenvalue weighted by atomic mass is 10.2. The van der Waals surface area contributed by atoms with Crippen molar-refractivity contribution in [2.24, 2.45) is 5.73 Å². The first-order valence-electron chi connectivity index (χ1n) is 7.79. The van der Waals surface area contributed by atoms with Crippen molar-refractivity contribution >= 4 is 35.6 Å². The summed E-state index contributed by atoms with van der Waals surface area (Å²) in [6.07, 6.45) is 0.977. The second-order valence-corrected chi connectivity index (χ2v) is 5.50. The molecule has 0 aliphatic carbocycles. The normalized spacial score (nSPS) is 9.84. The number of ether oxygens (including phenoxy) is 2. The number of nitrogens with two attached hydrogens (primary N) is 1. The van der Waals surface area contributed by atoms with E-state index < -0.39 is 0 Å². The van der Waals surface area contributed by atoms with Gasteiger partial charge in [-0.1, -0.05) is 23.7 Å². The van der Waals surface area contributed by atoms with Gasteiger partial charge in [0.2, 0.25) is 5.91 Å². The number of nitrogens with one attached hydrogen (secondary N) is 1. The number of para-hydroxylation sites is 1. The van der Waals surface area contributed by atoms with Crippen molar-refractivity contribution in [3.63, 3.8) is 0 Å². The van der Waals surface area contributed by atoms with Crippen LogP contribution < -0.4 is 20.5 Å². The first-order chi connectivity index (χ1) is 11.7. The van der Waals surface area contributed by atoms with Gasteiger partial charge in [-0.25, -0.2) is 0 Å². The molecule has 0 bridgehead atoms. The molecule has 3 N–H and O–H groups in total. The highest BCUT2D eigenvalue weighted by Gasteiger charge is 2.04. The van der Waals surface area contributed by atoms with Crippen LogP contribution in [0, 0.1) is 0 Å². The molecular formula is C18H22Cl2N2O3. The molecule has 5 nitrogen and oxygen atoms in total. The Morgan fingerprint density at radius 1 is 1.04 bits per heavy atom. The van der Waals surface area contributed by atoms with Crippen LogP contribution in [-0.2, 0) is 4.79 Å². The van der Waals surface area contributed by atoms with E-state index in [1.807, 2.05) is 12.1 Å². The summed E-state index contributed by atoms with van der Waals surface area (Å²) in [4.78, 5) is 11.9. The molecule has 0 fully saturated rings. The second kappa shape index (κ2) is 11.6. The molecule has 0 atom stereocenters. The van der Waals surface area contributed by atoms with Crippen LogP contribution >= 0.6 is 24.0 Å². The molecule has 0 radical (unpaired) electrons. The van der Waals surface area contributed by atoms with E-state index in [1.165, 1.54) is 0 Å². The zero-order chi connectivity index (χ0) is 17.2. The fourth-order valence-electron chi connectivity index (χ4n) is 2.01. The number of amides is 1. The predicted molar refractivity (Wildman–Crippen MR) is 103 cm³/mol. The Kier molecular flexibility index (Phi) is 9.77. The maximum atomic E-state index is 11.9. The Bertz CT molecular complexity index is 651. The van der Waals surface area contributed by atoms with Gasteiger partial charge in [-0.15, -0.1) is 12.4 Å². The fraction of sp³-hybridized carbons (Fsp3) is 0.278. The standard InChI is InChI=1S/C18H21ClN2O3.ClH/c19-16-4-1-2-5-17(16)24-12-3-6-18(22)21-14-7-9-15(10-8-14)23-13-11-20;/h1-2,4-5,7-10H,3,6,11-13,20H2,(H,21,22);1H. The number of rotatable bonds is 9. The van der Waals surface area contributed by atoms with Crippen molar-refractivity contribution in [1.29, 1.82) is 0 Å². The molecule has 0 aromatic heterocycles. The van der Waals surface area contributed by atoms with E-state index in [-0.39, 0.29) is 18.3 Å². The van der Waals surface area contributed by atoms with Gasteiger partial charge in [0.15, 0.2) is 0 Å². The Hall–Kier alpha value is -1.95. The first-order valence-corrected chi connectivity index (χ1v) is 8.17. The topological polar surface area (TPSA) is 73.6 Å². The Morgan fingerprint density at radius 2 is 1.76 bits per heavy atom. The van der Waals surface area contributed by atoms with E-state index in [2.05, 4.69) is 5.32 Å². The highest BCUT2D eigenvalue weighted by Crippen LogP contribution is 2.23. The molecule has 1 amide bonds. The Balaban J connectivity index is 0.00000312. The van der Waals surface area contributed by atoms with Gasteiger partial charge in [0.25, 0.3) is 0 Å². The van der Waals surface area contributed by atoms with E-state index in [0.717, 1.165) is 11.4 Å². The molecule has 0 spiro atoms. The zero-order valence-electron chi connectivity index (χ0n) is 13.7. The maximum absolute atomic E-state index is 11.9. The van der Waals surface area contributed by atoms with E-state index in [1.54, 1.807) is 36.4 Å². The minimum absolute atomic E-state index is 0. The molecule has 0 saturated heterocycles. The molecular weight excluding hydrogens is 363 g/mol. The third-order valence-corrected chi connectivity index (χ3v) is 3.48. The summed E-state index contributed by atoms with van der Waals surface area (Å²) in [7, 11) is 0. The average molecular weight is 385 g/mol. The molecule has 25 heavy (non-hydrogen) atoms. The molecule has 7 heteroatoms. The number of hydrogen-bond acceptors (Lipinski definition) is 4. The SMILES string of the molecule is Cl.NCCOc1ccc(NC(=O)CCCOc2ccccc2Cl)cc1. The zero-order valence-corrected chi connectivity index (χ0v) is 15.3. The summed E-state index contributed by atoms with van der Waals surface area (Å²) in [5, 5.41) is 3.40. The van der Waals surface area contributed by atoms with Crippen LogP contribution in [0.3, 0.4) is 0 Å². The van der Waals surface area contributed by atoms with Gasteiger partial charge in [-0.3, -0.25) is 4.79 Å². The molecule has 136 valence electrons. The highest BCUT2D eigenvalue weighted by molar-refractivity contribution is 6.32. The Morgan fingerprint density at radius 3 is 2.44 bits per heavy atom. The van der Waals surface area contributed by atoms with E-state index in [4.69, 9.17) is 26.8 Å². The Labute approximate surface area is 158 Å². The predicted octanol–water partition coefficient (Wildman–Crippen LogP) is 3.90. The summed E-state index contributed by atoms with van der Waals surface area (Å²) in [6, 6.07) is 14.5. The van der Waals surface area contributed by atoms with Gasteiger partial charge < -0.3 is 20.5 Å². The van der Waals surface area contributed by atoms with Gasteiger partial charge in [0.05, 0.1) is 11.6 Å². The highest BCUT2D eigenvalue weighted by atomic mass is 35.5. The van der Waals surface area contributed by atoms with Crippen LogP contribution in [-0.4, -0.2) is 25.7 Å². The monoisotopic (exact) mass is 384 g/mol. The number of carbonyl (C=O) groups excluding carboxylic acids is 1. The van der Waals surface area contributed by atoms with Crippen molar-refractivity contribution in [3.05, 3.63) is 53.6 Å². The average Bonchev–Trinajstić information content (AvgIpc) is 2.59. The van der Waals surface area contributed by atoms with Crippen LogP contribution in [0.2, 0.25) is 5.02 Å². The maximum Gasteiger partial charge on any atom is 0.224 e. The molecule has 0 aliphatic rings. The van der Waals surface area contributed by atoms with Crippen molar-refractivity contribution in [1.82, 2.24) is 0 Å². The van der Waals surface area contributed by atoms with E-state index in [0.29, 0.717) is 43.4 Å². The lowest BCUT2D eigenvalue weighted by molar-refractivity contribution is -0.116. The lowest BCUT2D eigenvalue weighted by Gasteiger charge is -2.09. The van der Waals surface area contributed by atoms with Crippen molar-refractivity contribution in [2.75, 3.05) is 25.1 Å². The summed E-state index contributed by atoms with van der Waals surface area (Å²) in [5.41, 5.74) is 6.10. The fourth-order valence-corrected chi connectivity index (χ4v) is 2.20. The molecule has 0 saturated carbocycles. The van der Waals surface area contributed by atoms with Gasteiger partial charge in [0.1, 0.15) is 18.1 Å². The number of halogens is 2. The van der Waals surface area contributed by atoms with E-state index in [9.17, 15) is 4.79 Å². The third-order valence-electron chi connectivity index (χ3n) is 3.17. The first kappa shape index (κ1) is 21.1. The van der Waals surface area contributed by atoms with Crippen molar-refractivity contribution in [2.45, 2.75) is 12.8 Å². The number of benzene rings is 2.